The third kappa shape index (κ3) is 4.73. The van der Waals surface area contributed by atoms with Crippen molar-refractivity contribution in [2.24, 2.45) is 0 Å². The number of nitrogens with one attached hydrogen (secondary N) is 1. The van der Waals surface area contributed by atoms with Gasteiger partial charge in [0.1, 0.15) is 5.82 Å². The lowest BCUT2D eigenvalue weighted by atomic mass is 10.2. The molecule has 1 heterocycles. The summed E-state index contributed by atoms with van der Waals surface area (Å²) in [5.74, 6) is 0.255. The minimum Gasteiger partial charge on any atom is -0.481 e. The minimum absolute atomic E-state index is 0.0115. The topological polar surface area (TPSA) is 118 Å². The van der Waals surface area contributed by atoms with E-state index in [0.29, 0.717) is 36.6 Å². The Labute approximate surface area is 138 Å². The van der Waals surface area contributed by atoms with Gasteiger partial charge < -0.3 is 10.4 Å². The highest BCUT2D eigenvalue weighted by Gasteiger charge is 2.09. The zero-order chi connectivity index (χ0) is 17.5. The molecule has 0 amide bonds. The van der Waals surface area contributed by atoms with Gasteiger partial charge in [0.05, 0.1) is 4.92 Å². The Morgan fingerprint density at radius 2 is 2.00 bits per heavy atom. The second kappa shape index (κ2) is 8.00. The monoisotopic (exact) mass is 330 g/mol. The Morgan fingerprint density at radius 1 is 1.29 bits per heavy atom. The number of aromatic nitrogens is 2. The van der Waals surface area contributed by atoms with E-state index in [-0.39, 0.29) is 12.1 Å². The van der Waals surface area contributed by atoms with Crippen molar-refractivity contribution in [3.05, 3.63) is 46.1 Å². The quantitative estimate of drug-likeness (QED) is 0.434. The van der Waals surface area contributed by atoms with Crippen molar-refractivity contribution in [2.45, 2.75) is 26.2 Å². The molecule has 1 aromatic carbocycles. The first-order chi connectivity index (χ1) is 11.5. The molecule has 0 bridgehead atoms. The highest BCUT2D eigenvalue weighted by molar-refractivity contribution is 5.66. The lowest BCUT2D eigenvalue weighted by Crippen LogP contribution is -2.08. The molecular weight excluding hydrogens is 312 g/mol. The number of non-ortho nitro benzene ring substituents is 1. The van der Waals surface area contributed by atoms with Crippen LogP contribution >= 0.6 is 0 Å². The number of nitro benzene ring substituents is 1. The van der Waals surface area contributed by atoms with Gasteiger partial charge in [-0.25, -0.2) is 9.97 Å². The maximum absolute atomic E-state index is 10.7. The number of aliphatic carboxylic acids is 1. The number of hydrogen-bond acceptors (Lipinski definition) is 6. The first kappa shape index (κ1) is 17.3. The summed E-state index contributed by atoms with van der Waals surface area (Å²) in [7, 11) is 0. The SMILES string of the molecule is CCc1cc(NCCCC(=O)O)nc(-c2ccc([N+](=O)[O-])cc2)n1. The zero-order valence-corrected chi connectivity index (χ0v) is 13.2. The Balaban J connectivity index is 2.18. The number of carboxylic acid groups (broad SMARTS) is 1. The van der Waals surface area contributed by atoms with Gasteiger partial charge in [0.15, 0.2) is 5.82 Å². The number of hydrogen-bond donors (Lipinski definition) is 2. The second-order valence-electron chi connectivity index (χ2n) is 5.15. The average molecular weight is 330 g/mol. The van der Waals surface area contributed by atoms with Gasteiger partial charge in [-0.3, -0.25) is 14.9 Å². The van der Waals surface area contributed by atoms with Gasteiger partial charge in [-0.1, -0.05) is 6.92 Å². The van der Waals surface area contributed by atoms with E-state index >= 15 is 0 Å². The first-order valence-electron chi connectivity index (χ1n) is 7.58. The third-order valence-electron chi connectivity index (χ3n) is 3.35. The Kier molecular flexibility index (Phi) is 5.78. The van der Waals surface area contributed by atoms with Gasteiger partial charge in [0.2, 0.25) is 0 Å². The van der Waals surface area contributed by atoms with Crippen molar-refractivity contribution in [3.63, 3.8) is 0 Å². The molecule has 0 radical (unpaired) electrons. The molecule has 8 heteroatoms. The van der Waals surface area contributed by atoms with Crippen LogP contribution in [0.5, 0.6) is 0 Å². The maximum atomic E-state index is 10.7. The van der Waals surface area contributed by atoms with Crippen LogP contribution in [-0.4, -0.2) is 32.5 Å². The second-order valence-corrected chi connectivity index (χ2v) is 5.15. The van der Waals surface area contributed by atoms with Crippen LogP contribution in [0.25, 0.3) is 11.4 Å². The summed E-state index contributed by atoms with van der Waals surface area (Å²) in [6.07, 6.45) is 1.30. The van der Waals surface area contributed by atoms with E-state index in [4.69, 9.17) is 5.11 Å². The smallest absolute Gasteiger partial charge is 0.303 e. The molecule has 126 valence electrons. The summed E-state index contributed by atoms with van der Waals surface area (Å²) in [6, 6.07) is 7.87. The van der Waals surface area contributed by atoms with E-state index in [0.717, 1.165) is 5.69 Å². The largest absolute Gasteiger partial charge is 0.481 e. The van der Waals surface area contributed by atoms with Crippen LogP contribution < -0.4 is 5.32 Å². The number of anilines is 1. The van der Waals surface area contributed by atoms with E-state index in [1.807, 2.05) is 13.0 Å². The minimum atomic E-state index is -0.833. The number of rotatable bonds is 8. The third-order valence-corrected chi connectivity index (χ3v) is 3.35. The van der Waals surface area contributed by atoms with Crippen LogP contribution in [-0.2, 0) is 11.2 Å². The highest BCUT2D eigenvalue weighted by atomic mass is 16.6. The molecule has 0 aliphatic rings. The molecule has 8 nitrogen and oxygen atoms in total. The van der Waals surface area contributed by atoms with Crippen LogP contribution in [0.15, 0.2) is 30.3 Å². The maximum Gasteiger partial charge on any atom is 0.303 e. The molecule has 2 N–H and O–H groups in total. The lowest BCUT2D eigenvalue weighted by molar-refractivity contribution is -0.384. The fraction of sp³-hybridized carbons (Fsp3) is 0.312. The number of carbonyl (C=O) groups is 1. The molecule has 0 aliphatic heterocycles. The molecule has 1 aromatic heterocycles. The van der Waals surface area contributed by atoms with E-state index in [2.05, 4.69) is 15.3 Å². The molecule has 0 saturated carbocycles. The highest BCUT2D eigenvalue weighted by Crippen LogP contribution is 2.21. The summed E-state index contributed by atoms with van der Waals surface area (Å²) in [4.78, 5) is 29.6. The van der Waals surface area contributed by atoms with Crippen LogP contribution in [0.4, 0.5) is 11.5 Å². The van der Waals surface area contributed by atoms with Gasteiger partial charge in [-0.05, 0) is 25.0 Å². The molecule has 0 aliphatic carbocycles. The standard InChI is InChI=1S/C16H18N4O4/c1-2-12-10-14(17-9-3-4-15(21)22)19-16(18-12)11-5-7-13(8-6-11)20(23)24/h5-8,10H,2-4,9H2,1H3,(H,21,22)(H,17,18,19). The zero-order valence-electron chi connectivity index (χ0n) is 13.2. The molecule has 0 fully saturated rings. The average Bonchev–Trinajstić information content (AvgIpc) is 2.58. The summed E-state index contributed by atoms with van der Waals surface area (Å²) >= 11 is 0. The molecule has 0 atom stereocenters. The van der Waals surface area contributed by atoms with Crippen molar-refractivity contribution in [1.29, 1.82) is 0 Å². The van der Waals surface area contributed by atoms with E-state index < -0.39 is 10.9 Å². The van der Waals surface area contributed by atoms with Gasteiger partial charge >= 0.3 is 5.97 Å². The van der Waals surface area contributed by atoms with E-state index in [1.165, 1.54) is 12.1 Å². The Hall–Kier alpha value is -3.03. The Morgan fingerprint density at radius 3 is 2.58 bits per heavy atom. The molecule has 2 aromatic rings. The lowest BCUT2D eigenvalue weighted by Gasteiger charge is -2.09. The molecule has 24 heavy (non-hydrogen) atoms. The van der Waals surface area contributed by atoms with Gasteiger partial charge in [0.25, 0.3) is 5.69 Å². The summed E-state index contributed by atoms with van der Waals surface area (Å²) in [5.41, 5.74) is 1.53. The van der Waals surface area contributed by atoms with Crippen molar-refractivity contribution in [3.8, 4) is 11.4 Å². The molecule has 0 spiro atoms. The van der Waals surface area contributed by atoms with Crippen LogP contribution in [0, 0.1) is 10.1 Å². The molecular formula is C16H18N4O4. The summed E-state index contributed by atoms with van der Waals surface area (Å²) in [5, 5.41) is 22.5. The predicted molar refractivity (Wildman–Crippen MR) is 88.9 cm³/mol. The van der Waals surface area contributed by atoms with Crippen molar-refractivity contribution in [1.82, 2.24) is 9.97 Å². The van der Waals surface area contributed by atoms with Gasteiger partial charge in [-0.2, -0.15) is 0 Å². The Bertz CT molecular complexity index is 731. The van der Waals surface area contributed by atoms with E-state index in [1.54, 1.807) is 12.1 Å². The van der Waals surface area contributed by atoms with Gasteiger partial charge in [-0.15, -0.1) is 0 Å². The fourth-order valence-corrected chi connectivity index (χ4v) is 2.09. The van der Waals surface area contributed by atoms with E-state index in [9.17, 15) is 14.9 Å². The van der Waals surface area contributed by atoms with Crippen LogP contribution in [0.3, 0.4) is 0 Å². The molecule has 0 saturated heterocycles. The predicted octanol–water partition coefficient (Wildman–Crippen LogP) is 2.89. The number of nitrogens with zero attached hydrogens (tertiary/aromatic N) is 3. The fourth-order valence-electron chi connectivity index (χ4n) is 2.09. The first-order valence-corrected chi connectivity index (χ1v) is 7.58. The summed E-state index contributed by atoms with van der Waals surface area (Å²) in [6.45, 7) is 2.46. The van der Waals surface area contributed by atoms with Crippen LogP contribution in [0.1, 0.15) is 25.5 Å². The van der Waals surface area contributed by atoms with Crippen molar-refractivity contribution < 1.29 is 14.8 Å². The molecule has 0 unspecified atom stereocenters. The number of benzene rings is 1. The van der Waals surface area contributed by atoms with Crippen molar-refractivity contribution in [2.75, 3.05) is 11.9 Å². The normalized spacial score (nSPS) is 10.4. The van der Waals surface area contributed by atoms with Crippen LogP contribution in [0.2, 0.25) is 0 Å². The van der Waals surface area contributed by atoms with Gasteiger partial charge in [0, 0.05) is 42.4 Å². The number of nitro groups is 1. The number of aryl methyl sites for hydroxylation is 1. The van der Waals surface area contributed by atoms with Crippen molar-refractivity contribution >= 4 is 17.5 Å². The number of carboxylic acids is 1. The summed E-state index contributed by atoms with van der Waals surface area (Å²) < 4.78 is 0. The molecule has 2 rings (SSSR count).